The minimum absolute atomic E-state index is 0.119. The summed E-state index contributed by atoms with van der Waals surface area (Å²) in [6, 6.07) is 36.4. The molecule has 0 radical (unpaired) electrons. The number of para-hydroxylation sites is 1. The van der Waals surface area contributed by atoms with E-state index in [0.717, 1.165) is 0 Å². The van der Waals surface area contributed by atoms with Crippen molar-refractivity contribution in [1.82, 2.24) is 0 Å². The van der Waals surface area contributed by atoms with Crippen LogP contribution in [0.2, 0.25) is 0 Å². The summed E-state index contributed by atoms with van der Waals surface area (Å²) in [6.07, 6.45) is 0. The van der Waals surface area contributed by atoms with Gasteiger partial charge in [0.2, 0.25) is 0 Å². The Morgan fingerprint density at radius 1 is 0.525 bits per heavy atom. The van der Waals surface area contributed by atoms with E-state index in [0.29, 0.717) is 0 Å². The lowest BCUT2D eigenvalue weighted by molar-refractivity contribution is 0.590. The summed E-state index contributed by atoms with van der Waals surface area (Å²) in [5.41, 5.74) is 13.2. The molecule has 0 spiro atoms. The second-order valence-electron chi connectivity index (χ2n) is 13.1. The van der Waals surface area contributed by atoms with Crippen LogP contribution in [0.4, 0.5) is 34.1 Å². The highest BCUT2D eigenvalue weighted by atomic mass is 32.1. The van der Waals surface area contributed by atoms with Gasteiger partial charge in [0, 0.05) is 33.2 Å². The average Bonchev–Trinajstić information content (AvgIpc) is 3.42. The Bertz CT molecular complexity index is 1720. The molecule has 0 bridgehead atoms. The Morgan fingerprint density at radius 3 is 1.57 bits per heavy atom. The van der Waals surface area contributed by atoms with Crippen molar-refractivity contribution in [3.63, 3.8) is 0 Å². The summed E-state index contributed by atoms with van der Waals surface area (Å²) in [4.78, 5) is 4.94. The van der Waals surface area contributed by atoms with Gasteiger partial charge in [0.1, 0.15) is 0 Å². The normalized spacial score (nSPS) is 14.1. The Kier molecular flexibility index (Phi) is 5.60. The number of rotatable bonds is 2. The van der Waals surface area contributed by atoms with Gasteiger partial charge in [-0.3, -0.25) is 0 Å². The molecule has 2 aliphatic heterocycles. The zero-order valence-electron chi connectivity index (χ0n) is 24.2. The molecule has 5 aromatic rings. The van der Waals surface area contributed by atoms with Crippen molar-refractivity contribution in [2.75, 3.05) is 9.80 Å². The van der Waals surface area contributed by atoms with Gasteiger partial charge in [-0.05, 0) is 86.8 Å². The molecule has 0 saturated carbocycles. The van der Waals surface area contributed by atoms with Crippen LogP contribution in [0.3, 0.4) is 0 Å². The van der Waals surface area contributed by atoms with Crippen molar-refractivity contribution < 1.29 is 0 Å². The molecule has 3 heterocycles. The maximum Gasteiger partial charge on any atom is 0.264 e. The Hall–Kier alpha value is -3.76. The molecule has 4 heteroatoms. The number of fused-ring (bicyclic) bond motifs is 4. The van der Waals surface area contributed by atoms with Crippen LogP contribution in [0, 0.1) is 0 Å². The number of benzene rings is 4. The van der Waals surface area contributed by atoms with E-state index in [-0.39, 0.29) is 17.5 Å². The van der Waals surface area contributed by atoms with Gasteiger partial charge in [-0.25, -0.2) is 0 Å². The maximum atomic E-state index is 2.47. The predicted molar refractivity (Wildman–Crippen MR) is 176 cm³/mol. The second kappa shape index (κ2) is 8.87. The van der Waals surface area contributed by atoms with Gasteiger partial charge in [0.25, 0.3) is 6.71 Å². The first-order valence-corrected chi connectivity index (χ1v) is 15.1. The smallest absolute Gasteiger partial charge is 0.264 e. The molecular formula is C36H35BN2S. The van der Waals surface area contributed by atoms with E-state index < -0.39 is 0 Å². The molecule has 2 aliphatic rings. The second-order valence-corrected chi connectivity index (χ2v) is 14.1. The third kappa shape index (κ3) is 3.84. The molecule has 0 atom stereocenters. The number of thiophene rings is 1. The highest BCUT2D eigenvalue weighted by Crippen LogP contribution is 2.44. The zero-order chi connectivity index (χ0) is 27.8. The topological polar surface area (TPSA) is 6.48 Å². The van der Waals surface area contributed by atoms with Gasteiger partial charge in [0.05, 0.1) is 5.69 Å². The first kappa shape index (κ1) is 25.2. The van der Waals surface area contributed by atoms with E-state index >= 15 is 0 Å². The average molecular weight is 539 g/mol. The number of nitrogens with zero attached hydrogens (tertiary/aromatic N) is 2. The third-order valence-corrected chi connectivity index (χ3v) is 9.45. The van der Waals surface area contributed by atoms with E-state index in [4.69, 9.17) is 0 Å². The quantitative estimate of drug-likeness (QED) is 0.204. The Morgan fingerprint density at radius 2 is 1.02 bits per heavy atom. The summed E-state index contributed by atoms with van der Waals surface area (Å²) in [7, 11) is 0. The largest absolute Gasteiger partial charge is 0.311 e. The van der Waals surface area contributed by atoms with Gasteiger partial charge >= 0.3 is 0 Å². The first-order valence-electron chi connectivity index (χ1n) is 14.2. The standard InChI is InChI=1S/C36H35BN2S/c1-35(2,3)24-14-18-26(19-15-24)38-29-11-8-7-10-28(29)37-33-30(38)12-9-13-31(33)39(32-22-23-40-34(32)37)27-20-16-25(17-21-27)36(4,5)6/h7-23H,1-6H3. The molecule has 40 heavy (non-hydrogen) atoms. The van der Waals surface area contributed by atoms with Crippen molar-refractivity contribution in [3.05, 3.63) is 114 Å². The van der Waals surface area contributed by atoms with E-state index in [1.807, 2.05) is 11.3 Å². The van der Waals surface area contributed by atoms with Crippen LogP contribution in [0.25, 0.3) is 0 Å². The molecule has 0 amide bonds. The fraction of sp³-hybridized carbons (Fsp3) is 0.222. The van der Waals surface area contributed by atoms with E-state index in [1.165, 1.54) is 61.0 Å². The molecule has 4 aromatic carbocycles. The molecule has 0 fully saturated rings. The van der Waals surface area contributed by atoms with Gasteiger partial charge in [-0.2, -0.15) is 11.3 Å². The summed E-state index contributed by atoms with van der Waals surface area (Å²) in [6.45, 7) is 13.9. The van der Waals surface area contributed by atoms with Crippen LogP contribution in [-0.4, -0.2) is 6.71 Å². The minimum Gasteiger partial charge on any atom is -0.311 e. The minimum atomic E-state index is 0.119. The fourth-order valence-corrected chi connectivity index (χ4v) is 7.35. The summed E-state index contributed by atoms with van der Waals surface area (Å²) < 4.78 is 1.41. The lowest BCUT2D eigenvalue weighted by atomic mass is 9.36. The highest BCUT2D eigenvalue weighted by Gasteiger charge is 2.43. The van der Waals surface area contributed by atoms with Crippen molar-refractivity contribution in [1.29, 1.82) is 0 Å². The number of hydrogen-bond donors (Lipinski definition) is 0. The zero-order valence-corrected chi connectivity index (χ0v) is 25.0. The summed E-state index contributed by atoms with van der Waals surface area (Å²) in [5, 5.41) is 2.26. The van der Waals surface area contributed by atoms with Gasteiger partial charge < -0.3 is 9.80 Å². The monoisotopic (exact) mass is 538 g/mol. The number of hydrogen-bond acceptors (Lipinski definition) is 3. The lowest BCUT2D eigenvalue weighted by Gasteiger charge is -2.43. The van der Waals surface area contributed by atoms with Gasteiger partial charge in [-0.1, -0.05) is 90.1 Å². The van der Waals surface area contributed by atoms with Crippen molar-refractivity contribution in [2.24, 2.45) is 0 Å². The molecule has 2 nitrogen and oxygen atoms in total. The lowest BCUT2D eigenvalue weighted by Crippen LogP contribution is -2.60. The van der Waals surface area contributed by atoms with Crippen LogP contribution in [0.1, 0.15) is 52.7 Å². The molecule has 1 aromatic heterocycles. The molecule has 198 valence electrons. The van der Waals surface area contributed by atoms with Crippen LogP contribution >= 0.6 is 11.3 Å². The molecule has 0 N–H and O–H groups in total. The highest BCUT2D eigenvalue weighted by molar-refractivity contribution is 7.28. The van der Waals surface area contributed by atoms with Crippen molar-refractivity contribution in [3.8, 4) is 0 Å². The summed E-state index contributed by atoms with van der Waals surface area (Å²) >= 11 is 1.88. The molecule has 0 unspecified atom stereocenters. The molecule has 0 saturated heterocycles. The van der Waals surface area contributed by atoms with E-state index in [2.05, 4.69) is 154 Å². The molecular weight excluding hydrogens is 503 g/mol. The van der Waals surface area contributed by atoms with Crippen LogP contribution in [0.5, 0.6) is 0 Å². The first-order chi connectivity index (χ1) is 19.1. The number of anilines is 6. The SMILES string of the molecule is CC(C)(C)c1ccc(N2c3ccccc3B3c4sccc4N(c4ccc(C(C)(C)C)cc4)c4cccc2c43)cc1. The molecule has 0 aliphatic carbocycles. The Labute approximate surface area is 243 Å². The maximum absolute atomic E-state index is 2.47. The predicted octanol–water partition coefficient (Wildman–Crippen LogP) is 8.43. The summed E-state index contributed by atoms with van der Waals surface area (Å²) in [5.74, 6) is 0. The molecule has 7 rings (SSSR count). The van der Waals surface area contributed by atoms with Crippen molar-refractivity contribution >= 4 is 67.9 Å². The third-order valence-electron chi connectivity index (χ3n) is 8.48. The van der Waals surface area contributed by atoms with E-state index in [1.54, 1.807) is 0 Å². The fourth-order valence-electron chi connectivity index (χ4n) is 6.34. The van der Waals surface area contributed by atoms with Crippen LogP contribution < -0.4 is 25.5 Å². The van der Waals surface area contributed by atoms with Crippen LogP contribution in [0.15, 0.2) is 102 Å². The van der Waals surface area contributed by atoms with Gasteiger partial charge in [-0.15, -0.1) is 0 Å². The van der Waals surface area contributed by atoms with Gasteiger partial charge in [0.15, 0.2) is 0 Å². The van der Waals surface area contributed by atoms with Crippen LogP contribution in [-0.2, 0) is 10.8 Å². The van der Waals surface area contributed by atoms with E-state index in [9.17, 15) is 0 Å². The van der Waals surface area contributed by atoms with Crippen molar-refractivity contribution in [2.45, 2.75) is 52.4 Å². The Balaban J connectivity index is 1.45.